The lowest BCUT2D eigenvalue weighted by atomic mass is 10.1. The van der Waals surface area contributed by atoms with Gasteiger partial charge in [-0.25, -0.2) is 0 Å². The van der Waals surface area contributed by atoms with E-state index in [9.17, 15) is 10.1 Å². The van der Waals surface area contributed by atoms with Crippen molar-refractivity contribution < 1.29 is 14.3 Å². The lowest BCUT2D eigenvalue weighted by Crippen LogP contribution is -2.14. The predicted octanol–water partition coefficient (Wildman–Crippen LogP) is 7.20. The number of amides is 1. The van der Waals surface area contributed by atoms with Gasteiger partial charge in [0, 0.05) is 15.2 Å². The molecule has 0 aliphatic carbocycles. The third-order valence-corrected chi connectivity index (χ3v) is 5.96. The molecule has 0 atom stereocenters. The molecule has 0 heterocycles. The highest BCUT2D eigenvalue weighted by atomic mass is 79.9. The molecule has 0 aliphatic rings. The fraction of sp³-hybridized carbons (Fsp3) is 0.120. The largest absolute Gasteiger partial charge is 0.493 e. The Balaban J connectivity index is 1.83. The number of hydrogen-bond donors (Lipinski definition) is 1. The van der Waals surface area contributed by atoms with Crippen LogP contribution in [0.25, 0.3) is 6.08 Å². The fourth-order valence-electron chi connectivity index (χ4n) is 2.95. The van der Waals surface area contributed by atoms with Crippen LogP contribution in [0.1, 0.15) is 16.7 Å². The third-order valence-electron chi connectivity index (χ3n) is 4.74. The number of ether oxygens (including phenoxy) is 2. The summed E-state index contributed by atoms with van der Waals surface area (Å²) in [6, 6.07) is 18.0. The molecule has 3 rings (SSSR count). The molecular weight excluding hydrogens is 527 g/mol. The smallest absolute Gasteiger partial charge is 0.266 e. The summed E-state index contributed by atoms with van der Waals surface area (Å²) >= 11 is 15.9. The molecule has 1 N–H and O–H groups in total. The number of carbonyl (C=O) groups excluding carboxylic acids is 1. The van der Waals surface area contributed by atoms with Gasteiger partial charge in [0.2, 0.25) is 0 Å². The Morgan fingerprint density at radius 3 is 2.55 bits per heavy atom. The van der Waals surface area contributed by atoms with E-state index >= 15 is 0 Å². The molecule has 0 aliphatic heterocycles. The molecule has 33 heavy (non-hydrogen) atoms. The second-order valence-corrected chi connectivity index (χ2v) is 8.72. The van der Waals surface area contributed by atoms with Gasteiger partial charge in [0.15, 0.2) is 11.5 Å². The average Bonchev–Trinajstić information content (AvgIpc) is 2.80. The zero-order valence-corrected chi connectivity index (χ0v) is 20.9. The minimum Gasteiger partial charge on any atom is -0.493 e. The Hall–Kier alpha value is -2.98. The van der Waals surface area contributed by atoms with Crippen LogP contribution in [0.4, 0.5) is 5.69 Å². The molecule has 0 aromatic heterocycles. The first-order chi connectivity index (χ1) is 15.8. The number of methoxy groups -OCH3 is 1. The number of benzene rings is 3. The molecule has 1 amide bonds. The van der Waals surface area contributed by atoms with Gasteiger partial charge in [-0.15, -0.1) is 0 Å². The number of nitrogens with one attached hydrogen (secondary N) is 1. The number of anilines is 1. The number of nitrogens with zero attached hydrogens (tertiary/aromatic N) is 1. The molecule has 0 fully saturated rings. The van der Waals surface area contributed by atoms with Crippen molar-refractivity contribution in [2.75, 3.05) is 12.4 Å². The van der Waals surface area contributed by atoms with E-state index in [0.29, 0.717) is 45.0 Å². The van der Waals surface area contributed by atoms with Crippen LogP contribution in [-0.2, 0) is 11.4 Å². The average molecular weight is 546 g/mol. The van der Waals surface area contributed by atoms with E-state index in [4.69, 9.17) is 32.7 Å². The Kier molecular flexibility index (Phi) is 8.40. The lowest BCUT2D eigenvalue weighted by Gasteiger charge is -2.14. The Morgan fingerprint density at radius 2 is 1.88 bits per heavy atom. The van der Waals surface area contributed by atoms with Gasteiger partial charge >= 0.3 is 0 Å². The van der Waals surface area contributed by atoms with Crippen LogP contribution >= 0.6 is 39.1 Å². The summed E-state index contributed by atoms with van der Waals surface area (Å²) in [6.07, 6.45) is 1.43. The van der Waals surface area contributed by atoms with Gasteiger partial charge in [0.1, 0.15) is 18.2 Å². The van der Waals surface area contributed by atoms with E-state index in [2.05, 4.69) is 21.2 Å². The molecule has 168 valence electrons. The zero-order chi connectivity index (χ0) is 24.0. The fourth-order valence-corrected chi connectivity index (χ4v) is 3.66. The summed E-state index contributed by atoms with van der Waals surface area (Å²) in [5, 5.41) is 13.1. The van der Waals surface area contributed by atoms with Crippen molar-refractivity contribution >= 4 is 56.8 Å². The van der Waals surface area contributed by atoms with Crippen LogP contribution < -0.4 is 14.8 Å². The zero-order valence-electron chi connectivity index (χ0n) is 17.8. The maximum Gasteiger partial charge on any atom is 0.266 e. The van der Waals surface area contributed by atoms with Crippen molar-refractivity contribution in [2.45, 2.75) is 13.5 Å². The highest BCUT2D eigenvalue weighted by molar-refractivity contribution is 9.10. The van der Waals surface area contributed by atoms with Gasteiger partial charge in [0.25, 0.3) is 5.91 Å². The predicted molar refractivity (Wildman–Crippen MR) is 135 cm³/mol. The van der Waals surface area contributed by atoms with Crippen molar-refractivity contribution in [1.82, 2.24) is 0 Å². The number of carbonyl (C=O) groups is 1. The summed E-state index contributed by atoms with van der Waals surface area (Å²) in [5.74, 6) is 0.194. The minimum absolute atomic E-state index is 0.101. The summed E-state index contributed by atoms with van der Waals surface area (Å²) in [7, 11) is 1.49. The van der Waals surface area contributed by atoms with Crippen molar-refractivity contribution in [2.24, 2.45) is 0 Å². The SMILES string of the molecule is COc1cc(/C=C(/C#N)C(=O)Nc2cccc(Cl)c2C)cc(Cl)c1OCc1ccc(Br)cc1. The van der Waals surface area contributed by atoms with Crippen molar-refractivity contribution in [3.05, 3.63) is 91.4 Å². The van der Waals surface area contributed by atoms with Crippen LogP contribution in [0.5, 0.6) is 11.5 Å². The van der Waals surface area contributed by atoms with E-state index < -0.39 is 5.91 Å². The lowest BCUT2D eigenvalue weighted by molar-refractivity contribution is -0.112. The first kappa shape index (κ1) is 24.7. The maximum absolute atomic E-state index is 12.7. The Morgan fingerprint density at radius 1 is 1.15 bits per heavy atom. The summed E-state index contributed by atoms with van der Waals surface area (Å²) in [4.78, 5) is 12.7. The second kappa shape index (κ2) is 11.2. The number of hydrogen-bond acceptors (Lipinski definition) is 4. The molecule has 0 saturated carbocycles. The molecule has 0 saturated heterocycles. The van der Waals surface area contributed by atoms with Gasteiger partial charge in [-0.3, -0.25) is 4.79 Å². The van der Waals surface area contributed by atoms with E-state index in [-0.39, 0.29) is 5.57 Å². The minimum atomic E-state index is -0.562. The van der Waals surface area contributed by atoms with Crippen LogP contribution in [0.3, 0.4) is 0 Å². The van der Waals surface area contributed by atoms with Crippen LogP contribution in [0, 0.1) is 18.3 Å². The molecule has 0 radical (unpaired) electrons. The molecule has 8 heteroatoms. The number of nitriles is 1. The van der Waals surface area contributed by atoms with Gasteiger partial charge < -0.3 is 14.8 Å². The Bertz CT molecular complexity index is 1250. The molecule has 0 bridgehead atoms. The molecular formula is C25H19BrCl2N2O3. The van der Waals surface area contributed by atoms with E-state index in [1.165, 1.54) is 13.2 Å². The number of rotatable bonds is 7. The topological polar surface area (TPSA) is 71.3 Å². The summed E-state index contributed by atoms with van der Waals surface area (Å²) in [5.41, 5.74) is 2.61. The first-order valence-corrected chi connectivity index (χ1v) is 11.3. The first-order valence-electron chi connectivity index (χ1n) is 9.75. The standard InChI is InChI=1S/C25H19BrCl2N2O3/c1-15-20(27)4-3-5-22(15)30-25(31)18(13-29)10-17-11-21(28)24(23(12-17)32-2)33-14-16-6-8-19(26)9-7-16/h3-12H,14H2,1-2H3,(H,30,31)/b18-10-. The van der Waals surface area contributed by atoms with Crippen LogP contribution in [0.2, 0.25) is 10.0 Å². The second-order valence-electron chi connectivity index (χ2n) is 6.99. The summed E-state index contributed by atoms with van der Waals surface area (Å²) in [6.45, 7) is 2.08. The molecule has 0 spiro atoms. The molecule has 3 aromatic rings. The van der Waals surface area contributed by atoms with Gasteiger partial charge in [-0.05, 0) is 66.1 Å². The van der Waals surface area contributed by atoms with E-state index in [1.54, 1.807) is 37.3 Å². The number of halogens is 3. The van der Waals surface area contributed by atoms with Crippen LogP contribution in [0.15, 0.2) is 64.6 Å². The Labute approximate surface area is 210 Å². The highest BCUT2D eigenvalue weighted by Gasteiger charge is 2.15. The normalized spacial score (nSPS) is 11.0. The quantitative estimate of drug-likeness (QED) is 0.252. The van der Waals surface area contributed by atoms with Crippen molar-refractivity contribution in [1.29, 1.82) is 5.26 Å². The van der Waals surface area contributed by atoms with E-state index in [1.807, 2.05) is 30.3 Å². The highest BCUT2D eigenvalue weighted by Crippen LogP contribution is 2.37. The van der Waals surface area contributed by atoms with Gasteiger partial charge in [-0.2, -0.15) is 5.26 Å². The van der Waals surface area contributed by atoms with Gasteiger partial charge in [-0.1, -0.05) is 57.3 Å². The van der Waals surface area contributed by atoms with Crippen molar-refractivity contribution in [3.63, 3.8) is 0 Å². The third kappa shape index (κ3) is 6.29. The van der Waals surface area contributed by atoms with Crippen LogP contribution in [-0.4, -0.2) is 13.0 Å². The monoisotopic (exact) mass is 544 g/mol. The van der Waals surface area contributed by atoms with E-state index in [0.717, 1.165) is 10.0 Å². The summed E-state index contributed by atoms with van der Waals surface area (Å²) < 4.78 is 12.3. The van der Waals surface area contributed by atoms with Gasteiger partial charge in [0.05, 0.1) is 12.1 Å². The molecule has 5 nitrogen and oxygen atoms in total. The van der Waals surface area contributed by atoms with Crippen molar-refractivity contribution in [3.8, 4) is 17.6 Å². The molecule has 3 aromatic carbocycles. The maximum atomic E-state index is 12.7. The molecule has 0 unspecified atom stereocenters.